The normalized spacial score (nSPS) is 10.4. The van der Waals surface area contributed by atoms with Crippen molar-refractivity contribution in [1.82, 2.24) is 10.1 Å². The van der Waals surface area contributed by atoms with Crippen LogP contribution >= 0.6 is 11.6 Å². The van der Waals surface area contributed by atoms with E-state index >= 15 is 0 Å². The molecular formula is C8H5ClFN3O. The van der Waals surface area contributed by atoms with Crippen molar-refractivity contribution >= 4 is 17.5 Å². The standard InChI is InChI=1S/C8H5ClFN3O/c9-4-1-5(8(10)12-3-4)6-2-7(11)14-13-6/h1-3H,11H2. The van der Waals surface area contributed by atoms with Crippen LogP contribution in [0.15, 0.2) is 22.9 Å². The molecule has 0 saturated heterocycles. The summed E-state index contributed by atoms with van der Waals surface area (Å²) >= 11 is 5.65. The van der Waals surface area contributed by atoms with E-state index in [9.17, 15) is 4.39 Å². The predicted molar refractivity (Wildman–Crippen MR) is 49.1 cm³/mol. The highest BCUT2D eigenvalue weighted by molar-refractivity contribution is 6.30. The zero-order valence-corrected chi connectivity index (χ0v) is 7.62. The van der Waals surface area contributed by atoms with E-state index in [0.29, 0.717) is 5.02 Å². The first-order valence-corrected chi connectivity index (χ1v) is 4.08. The van der Waals surface area contributed by atoms with Crippen molar-refractivity contribution in [1.29, 1.82) is 0 Å². The summed E-state index contributed by atoms with van der Waals surface area (Å²) in [5, 5.41) is 3.87. The summed E-state index contributed by atoms with van der Waals surface area (Å²) in [4.78, 5) is 3.44. The van der Waals surface area contributed by atoms with Crippen LogP contribution in [0.3, 0.4) is 0 Å². The largest absolute Gasteiger partial charge is 0.368 e. The van der Waals surface area contributed by atoms with E-state index < -0.39 is 5.95 Å². The van der Waals surface area contributed by atoms with Crippen LogP contribution in [-0.4, -0.2) is 10.1 Å². The maximum absolute atomic E-state index is 13.2. The van der Waals surface area contributed by atoms with Gasteiger partial charge < -0.3 is 10.3 Å². The summed E-state index contributed by atoms with van der Waals surface area (Å²) in [6.45, 7) is 0. The lowest BCUT2D eigenvalue weighted by atomic mass is 10.2. The molecule has 6 heteroatoms. The molecule has 0 amide bonds. The molecule has 0 unspecified atom stereocenters. The Morgan fingerprint density at radius 1 is 1.43 bits per heavy atom. The molecule has 0 aliphatic carbocycles. The van der Waals surface area contributed by atoms with Crippen LogP contribution in [0.5, 0.6) is 0 Å². The highest BCUT2D eigenvalue weighted by Crippen LogP contribution is 2.24. The van der Waals surface area contributed by atoms with E-state index in [1.165, 1.54) is 18.3 Å². The quantitative estimate of drug-likeness (QED) is 0.737. The number of hydrogen-bond acceptors (Lipinski definition) is 4. The molecule has 2 rings (SSSR count). The fourth-order valence-electron chi connectivity index (χ4n) is 1.02. The van der Waals surface area contributed by atoms with Crippen LogP contribution in [-0.2, 0) is 0 Å². The number of nitrogens with two attached hydrogens (primary N) is 1. The first kappa shape index (κ1) is 8.96. The maximum atomic E-state index is 13.2. The zero-order valence-electron chi connectivity index (χ0n) is 6.87. The first-order chi connectivity index (χ1) is 6.66. The summed E-state index contributed by atoms with van der Waals surface area (Å²) in [6.07, 6.45) is 1.21. The van der Waals surface area contributed by atoms with Crippen molar-refractivity contribution in [3.8, 4) is 11.3 Å². The Hall–Kier alpha value is -1.62. The topological polar surface area (TPSA) is 64.9 Å². The molecule has 2 aromatic heterocycles. The van der Waals surface area contributed by atoms with Gasteiger partial charge in [0.05, 0.1) is 10.6 Å². The van der Waals surface area contributed by atoms with Gasteiger partial charge in [-0.2, -0.15) is 4.39 Å². The molecular weight excluding hydrogens is 209 g/mol. The van der Waals surface area contributed by atoms with Crippen LogP contribution in [0.1, 0.15) is 0 Å². The van der Waals surface area contributed by atoms with Gasteiger partial charge in [-0.3, -0.25) is 0 Å². The van der Waals surface area contributed by atoms with E-state index in [4.69, 9.17) is 17.3 Å². The number of rotatable bonds is 1. The van der Waals surface area contributed by atoms with Crippen molar-refractivity contribution in [3.05, 3.63) is 29.3 Å². The highest BCUT2D eigenvalue weighted by Gasteiger charge is 2.11. The molecule has 72 valence electrons. The molecule has 0 fully saturated rings. The fraction of sp³-hybridized carbons (Fsp3) is 0. The molecule has 0 spiro atoms. The van der Waals surface area contributed by atoms with Crippen LogP contribution in [0.2, 0.25) is 5.02 Å². The number of pyridine rings is 1. The van der Waals surface area contributed by atoms with Crippen molar-refractivity contribution in [2.24, 2.45) is 0 Å². The van der Waals surface area contributed by atoms with Crippen LogP contribution < -0.4 is 5.73 Å². The second kappa shape index (κ2) is 3.26. The van der Waals surface area contributed by atoms with Crippen LogP contribution in [0, 0.1) is 5.95 Å². The third-order valence-electron chi connectivity index (χ3n) is 1.61. The van der Waals surface area contributed by atoms with E-state index in [1.807, 2.05) is 0 Å². The smallest absolute Gasteiger partial charge is 0.222 e. The molecule has 0 bridgehead atoms. The number of anilines is 1. The number of hydrogen-bond donors (Lipinski definition) is 1. The fourth-order valence-corrected chi connectivity index (χ4v) is 1.18. The van der Waals surface area contributed by atoms with Gasteiger partial charge in [0.25, 0.3) is 0 Å². The van der Waals surface area contributed by atoms with Gasteiger partial charge in [0.2, 0.25) is 11.8 Å². The van der Waals surface area contributed by atoms with Crippen LogP contribution in [0.25, 0.3) is 11.3 Å². The number of aromatic nitrogens is 2. The monoisotopic (exact) mass is 213 g/mol. The molecule has 0 saturated carbocycles. The molecule has 2 N–H and O–H groups in total. The summed E-state index contributed by atoms with van der Waals surface area (Å²) in [6, 6.07) is 2.80. The highest BCUT2D eigenvalue weighted by atomic mass is 35.5. The Morgan fingerprint density at radius 2 is 2.21 bits per heavy atom. The Kier molecular flexibility index (Phi) is 2.09. The molecule has 14 heavy (non-hydrogen) atoms. The maximum Gasteiger partial charge on any atom is 0.222 e. The van der Waals surface area contributed by atoms with Gasteiger partial charge in [0.15, 0.2) is 0 Å². The van der Waals surface area contributed by atoms with Crippen molar-refractivity contribution in [3.63, 3.8) is 0 Å². The van der Waals surface area contributed by atoms with E-state index in [2.05, 4.69) is 14.7 Å². The van der Waals surface area contributed by atoms with Crippen molar-refractivity contribution in [2.75, 3.05) is 5.73 Å². The van der Waals surface area contributed by atoms with Gasteiger partial charge in [0, 0.05) is 12.3 Å². The van der Waals surface area contributed by atoms with Gasteiger partial charge >= 0.3 is 0 Å². The first-order valence-electron chi connectivity index (χ1n) is 3.70. The molecule has 0 aliphatic rings. The Morgan fingerprint density at radius 3 is 2.86 bits per heavy atom. The van der Waals surface area contributed by atoms with Gasteiger partial charge in [-0.25, -0.2) is 4.98 Å². The van der Waals surface area contributed by atoms with E-state index in [-0.39, 0.29) is 17.1 Å². The second-order valence-corrected chi connectivity index (χ2v) is 3.04. The third kappa shape index (κ3) is 1.54. The van der Waals surface area contributed by atoms with Crippen LogP contribution in [0.4, 0.5) is 10.3 Å². The second-order valence-electron chi connectivity index (χ2n) is 2.61. The predicted octanol–water partition coefficient (Wildman–Crippen LogP) is 2.11. The molecule has 0 atom stereocenters. The van der Waals surface area contributed by atoms with Crippen molar-refractivity contribution in [2.45, 2.75) is 0 Å². The zero-order chi connectivity index (χ0) is 10.1. The lowest BCUT2D eigenvalue weighted by molar-refractivity contribution is 0.438. The average molecular weight is 214 g/mol. The molecule has 0 aromatic carbocycles. The summed E-state index contributed by atoms with van der Waals surface area (Å²) in [5.41, 5.74) is 5.74. The Balaban J connectivity index is 2.55. The number of halogens is 2. The van der Waals surface area contributed by atoms with E-state index in [0.717, 1.165) is 0 Å². The summed E-state index contributed by atoms with van der Waals surface area (Å²) in [7, 11) is 0. The lowest BCUT2D eigenvalue weighted by Crippen LogP contribution is -1.88. The molecule has 0 radical (unpaired) electrons. The van der Waals surface area contributed by atoms with Gasteiger partial charge in [0.1, 0.15) is 5.69 Å². The SMILES string of the molecule is Nc1cc(-c2cc(Cl)cnc2F)no1. The Labute approximate surface area is 83.5 Å². The van der Waals surface area contributed by atoms with Gasteiger partial charge in [-0.15, -0.1) is 0 Å². The minimum atomic E-state index is -0.664. The molecule has 0 aliphatic heterocycles. The summed E-state index contributed by atoms with van der Waals surface area (Å²) in [5.74, 6) is -0.554. The van der Waals surface area contributed by atoms with Gasteiger partial charge in [-0.05, 0) is 6.07 Å². The Bertz CT molecular complexity index is 471. The number of nitrogen functional groups attached to an aromatic ring is 1. The molecule has 2 heterocycles. The average Bonchev–Trinajstić information content (AvgIpc) is 2.56. The number of nitrogens with zero attached hydrogens (tertiary/aromatic N) is 2. The lowest BCUT2D eigenvalue weighted by Gasteiger charge is -1.96. The minimum absolute atomic E-state index is 0.111. The minimum Gasteiger partial charge on any atom is -0.368 e. The van der Waals surface area contributed by atoms with Crippen molar-refractivity contribution < 1.29 is 8.91 Å². The molecule has 2 aromatic rings. The third-order valence-corrected chi connectivity index (χ3v) is 1.82. The van der Waals surface area contributed by atoms with Gasteiger partial charge in [-0.1, -0.05) is 16.8 Å². The molecule has 4 nitrogen and oxygen atoms in total. The van der Waals surface area contributed by atoms with E-state index in [1.54, 1.807) is 0 Å². The summed E-state index contributed by atoms with van der Waals surface area (Å²) < 4.78 is 17.8.